The molecule has 0 aliphatic carbocycles. The molecule has 1 aromatic rings. The number of aryl methyl sites for hydroxylation is 1. The van der Waals surface area contributed by atoms with Gasteiger partial charge in [-0.3, -0.25) is 0 Å². The molecule has 1 atom stereocenters. The molecule has 0 saturated carbocycles. The van der Waals surface area contributed by atoms with Gasteiger partial charge in [0.2, 0.25) is 11.8 Å². The highest BCUT2D eigenvalue weighted by Crippen LogP contribution is 2.28. The van der Waals surface area contributed by atoms with E-state index in [0.717, 1.165) is 17.6 Å². The Morgan fingerprint density at radius 1 is 0.970 bits per heavy atom. The number of rotatable bonds is 15. The van der Waals surface area contributed by atoms with E-state index in [1.165, 1.54) is 44.6 Å². The predicted octanol–water partition coefficient (Wildman–Crippen LogP) is 6.27. The zero-order valence-electron chi connectivity index (χ0n) is 21.7. The monoisotopic (exact) mass is 470 g/mol. The van der Waals surface area contributed by atoms with Gasteiger partial charge in [0, 0.05) is 18.1 Å². The molecule has 0 aliphatic rings. The summed E-state index contributed by atoms with van der Waals surface area (Å²) in [6, 6.07) is 1.47. The fraction of sp³-hybridized carbons (Fsp3) is 0.800. The van der Waals surface area contributed by atoms with Gasteiger partial charge in [-0.1, -0.05) is 51.9 Å². The molecule has 0 amide bonds. The van der Waals surface area contributed by atoms with E-state index in [0.29, 0.717) is 18.4 Å². The fourth-order valence-corrected chi connectivity index (χ4v) is 3.53. The molecule has 33 heavy (non-hydrogen) atoms. The summed E-state index contributed by atoms with van der Waals surface area (Å²) in [5.74, 6) is -0.482. The second kappa shape index (κ2) is 13.7. The van der Waals surface area contributed by atoms with Crippen LogP contribution in [0.2, 0.25) is 0 Å². The normalized spacial score (nSPS) is 13.2. The molecular formula is C25H46N2O6. The standard InChI is InChI=1S/C25H46N2O6/c1-8-9-10-11-12-13-14-15-16-20-17-21(28)27(22(20)29)31-23(26)30-19(2)18-25(6,7)33-32-24(3,4)5/h17,19,26,28-29H,8-16,18H2,1-7H3. The Hall–Kier alpha value is -1.93. The number of aromatic hydroxyl groups is 2. The molecule has 0 saturated heterocycles. The van der Waals surface area contributed by atoms with E-state index in [9.17, 15) is 10.2 Å². The maximum Gasteiger partial charge on any atom is 0.406 e. The first-order valence-corrected chi connectivity index (χ1v) is 12.3. The average Bonchev–Trinajstić information content (AvgIpc) is 2.95. The van der Waals surface area contributed by atoms with Crippen molar-refractivity contribution in [1.29, 1.82) is 5.41 Å². The predicted molar refractivity (Wildman–Crippen MR) is 130 cm³/mol. The summed E-state index contributed by atoms with van der Waals surface area (Å²) < 4.78 is 6.30. The van der Waals surface area contributed by atoms with Crippen LogP contribution < -0.4 is 4.84 Å². The summed E-state index contributed by atoms with van der Waals surface area (Å²) in [7, 11) is 0. The van der Waals surface area contributed by atoms with Gasteiger partial charge in [-0.2, -0.15) is 0 Å². The largest absolute Gasteiger partial charge is 0.492 e. The molecule has 0 aromatic carbocycles. The molecule has 1 heterocycles. The van der Waals surface area contributed by atoms with Crippen LogP contribution in [0.5, 0.6) is 11.8 Å². The maximum absolute atomic E-state index is 10.4. The lowest BCUT2D eigenvalue weighted by molar-refractivity contribution is -0.399. The minimum absolute atomic E-state index is 0.210. The highest BCUT2D eigenvalue weighted by molar-refractivity contribution is 5.63. The van der Waals surface area contributed by atoms with Crippen molar-refractivity contribution in [3.63, 3.8) is 0 Å². The second-order valence-electron chi connectivity index (χ2n) is 10.4. The van der Waals surface area contributed by atoms with Crippen LogP contribution >= 0.6 is 0 Å². The van der Waals surface area contributed by atoms with Gasteiger partial charge in [0.1, 0.15) is 11.7 Å². The van der Waals surface area contributed by atoms with Crippen molar-refractivity contribution in [3.8, 4) is 11.8 Å². The minimum Gasteiger partial charge on any atom is -0.492 e. The zero-order chi connectivity index (χ0) is 25.1. The SMILES string of the molecule is CCCCCCCCCCc1cc(O)n(OC(=N)OC(C)CC(C)(C)OOC(C)(C)C)c1O. The molecule has 0 aliphatic heterocycles. The summed E-state index contributed by atoms with van der Waals surface area (Å²) in [4.78, 5) is 16.1. The van der Waals surface area contributed by atoms with Gasteiger partial charge in [0.15, 0.2) is 0 Å². The lowest BCUT2D eigenvalue weighted by Crippen LogP contribution is -2.35. The number of nitrogens with one attached hydrogen (secondary N) is 1. The van der Waals surface area contributed by atoms with Gasteiger partial charge in [-0.05, 0) is 54.4 Å². The first-order valence-electron chi connectivity index (χ1n) is 12.3. The van der Waals surface area contributed by atoms with Crippen molar-refractivity contribution < 1.29 is 29.6 Å². The van der Waals surface area contributed by atoms with Crippen LogP contribution in [0.1, 0.15) is 112 Å². The van der Waals surface area contributed by atoms with Crippen LogP contribution in [-0.2, 0) is 20.9 Å². The first kappa shape index (κ1) is 29.1. The number of aromatic nitrogens is 1. The zero-order valence-corrected chi connectivity index (χ0v) is 21.7. The Bertz CT molecular complexity index is 708. The Kier molecular flexibility index (Phi) is 12.1. The Labute approximate surface area is 199 Å². The van der Waals surface area contributed by atoms with E-state index >= 15 is 0 Å². The topological polar surface area (TPSA) is 106 Å². The van der Waals surface area contributed by atoms with Gasteiger partial charge in [-0.25, -0.2) is 15.2 Å². The van der Waals surface area contributed by atoms with Crippen molar-refractivity contribution in [1.82, 2.24) is 4.73 Å². The smallest absolute Gasteiger partial charge is 0.406 e. The van der Waals surface area contributed by atoms with Crippen molar-refractivity contribution >= 4 is 6.08 Å². The lowest BCUT2D eigenvalue weighted by Gasteiger charge is -2.30. The van der Waals surface area contributed by atoms with Crippen LogP contribution in [0, 0.1) is 5.41 Å². The molecule has 3 N–H and O–H groups in total. The third kappa shape index (κ3) is 12.2. The minimum atomic E-state index is -0.645. The molecule has 8 heteroatoms. The lowest BCUT2D eigenvalue weighted by atomic mass is 10.0. The molecule has 0 fully saturated rings. The molecule has 192 valence electrons. The second-order valence-corrected chi connectivity index (χ2v) is 10.4. The quantitative estimate of drug-likeness (QED) is 0.0917. The molecule has 1 rings (SSSR count). The van der Waals surface area contributed by atoms with Gasteiger partial charge < -0.3 is 19.8 Å². The van der Waals surface area contributed by atoms with Crippen molar-refractivity contribution in [2.75, 3.05) is 0 Å². The van der Waals surface area contributed by atoms with Crippen LogP contribution in [0.3, 0.4) is 0 Å². The molecule has 0 bridgehead atoms. The van der Waals surface area contributed by atoms with E-state index in [4.69, 9.17) is 24.8 Å². The van der Waals surface area contributed by atoms with Crippen LogP contribution in [-0.4, -0.2) is 38.3 Å². The van der Waals surface area contributed by atoms with E-state index in [1.54, 1.807) is 6.92 Å². The van der Waals surface area contributed by atoms with Gasteiger partial charge >= 0.3 is 6.08 Å². The summed E-state index contributed by atoms with van der Waals surface area (Å²) in [6.07, 6.45) is 9.64. The van der Waals surface area contributed by atoms with Gasteiger partial charge in [0.25, 0.3) is 0 Å². The fourth-order valence-electron chi connectivity index (χ4n) is 3.53. The average molecular weight is 471 g/mol. The van der Waals surface area contributed by atoms with Crippen molar-refractivity contribution in [2.45, 2.75) is 130 Å². The molecule has 0 radical (unpaired) electrons. The Balaban J connectivity index is 2.46. The number of hydrogen-bond acceptors (Lipinski definition) is 7. The number of nitrogens with zero attached hydrogens (tertiary/aromatic N) is 1. The van der Waals surface area contributed by atoms with Gasteiger partial charge in [-0.15, -0.1) is 4.73 Å². The van der Waals surface area contributed by atoms with Crippen LogP contribution in [0.25, 0.3) is 0 Å². The third-order valence-corrected chi connectivity index (χ3v) is 5.07. The van der Waals surface area contributed by atoms with Crippen molar-refractivity contribution in [3.05, 3.63) is 11.6 Å². The summed E-state index contributed by atoms with van der Waals surface area (Å²) in [6.45, 7) is 13.4. The summed E-state index contributed by atoms with van der Waals surface area (Å²) >= 11 is 0. The molecule has 1 unspecified atom stereocenters. The molecule has 1 aromatic heterocycles. The summed E-state index contributed by atoms with van der Waals surface area (Å²) in [5.41, 5.74) is -0.492. The number of unbranched alkanes of at least 4 members (excludes halogenated alkanes) is 7. The number of hydrogen-bond donors (Lipinski definition) is 3. The Morgan fingerprint density at radius 2 is 1.55 bits per heavy atom. The van der Waals surface area contributed by atoms with E-state index in [-0.39, 0.29) is 11.8 Å². The maximum atomic E-state index is 10.4. The summed E-state index contributed by atoms with van der Waals surface area (Å²) in [5, 5.41) is 28.5. The molecule has 8 nitrogen and oxygen atoms in total. The Morgan fingerprint density at radius 3 is 2.12 bits per heavy atom. The van der Waals surface area contributed by atoms with E-state index in [1.807, 2.05) is 34.6 Å². The highest BCUT2D eigenvalue weighted by atomic mass is 17.2. The first-order chi connectivity index (χ1) is 15.3. The van der Waals surface area contributed by atoms with Gasteiger partial charge in [0.05, 0.1) is 5.60 Å². The van der Waals surface area contributed by atoms with Crippen LogP contribution in [0.15, 0.2) is 6.07 Å². The third-order valence-electron chi connectivity index (χ3n) is 5.07. The van der Waals surface area contributed by atoms with E-state index in [2.05, 4.69) is 6.92 Å². The highest BCUT2D eigenvalue weighted by Gasteiger charge is 2.28. The number of ether oxygens (including phenoxy) is 1. The van der Waals surface area contributed by atoms with E-state index < -0.39 is 23.4 Å². The molecule has 0 spiro atoms. The molecular weight excluding hydrogens is 424 g/mol. The van der Waals surface area contributed by atoms with Crippen LogP contribution in [0.4, 0.5) is 0 Å². The van der Waals surface area contributed by atoms with Crippen molar-refractivity contribution in [2.24, 2.45) is 0 Å².